The Morgan fingerprint density at radius 2 is 1.57 bits per heavy atom. The van der Waals surface area contributed by atoms with Crippen molar-refractivity contribution in [1.29, 1.82) is 0 Å². The highest BCUT2D eigenvalue weighted by Gasteiger charge is 2.39. The van der Waals surface area contributed by atoms with Crippen molar-refractivity contribution in [3.05, 3.63) is 64.9 Å². The molecule has 0 atom stereocenters. The van der Waals surface area contributed by atoms with Crippen LogP contribution in [0.2, 0.25) is 0 Å². The highest BCUT2D eigenvalue weighted by Crippen LogP contribution is 2.32. The Balaban J connectivity index is 2.03. The fourth-order valence-corrected chi connectivity index (χ4v) is 3.38. The second-order valence-corrected chi connectivity index (χ2v) is 8.05. The second kappa shape index (κ2) is 8.53. The molecule has 3 amide bonds. The summed E-state index contributed by atoms with van der Waals surface area (Å²) < 4.78 is 0. The van der Waals surface area contributed by atoms with E-state index in [1.54, 1.807) is 24.3 Å². The molecule has 2 N–H and O–H groups in total. The van der Waals surface area contributed by atoms with Crippen LogP contribution in [0.15, 0.2) is 48.2 Å². The van der Waals surface area contributed by atoms with Crippen molar-refractivity contribution in [2.45, 2.75) is 34.6 Å². The van der Waals surface area contributed by atoms with Gasteiger partial charge in [-0.25, -0.2) is 0 Å². The van der Waals surface area contributed by atoms with Crippen LogP contribution in [0.3, 0.4) is 0 Å². The van der Waals surface area contributed by atoms with Gasteiger partial charge in [-0.05, 0) is 60.7 Å². The van der Waals surface area contributed by atoms with Gasteiger partial charge < -0.3 is 10.6 Å². The van der Waals surface area contributed by atoms with E-state index in [1.165, 1.54) is 11.8 Å². The molecular formula is C24H27N3O3. The monoisotopic (exact) mass is 405 g/mol. The lowest BCUT2D eigenvalue weighted by molar-refractivity contribution is -0.137. The van der Waals surface area contributed by atoms with Crippen molar-refractivity contribution in [2.24, 2.45) is 5.92 Å². The fraction of sp³-hybridized carbons (Fsp3) is 0.292. The van der Waals surface area contributed by atoms with Crippen molar-refractivity contribution in [1.82, 2.24) is 4.90 Å². The first-order chi connectivity index (χ1) is 14.2. The predicted octanol–water partition coefficient (Wildman–Crippen LogP) is 4.11. The number of amides is 3. The molecule has 1 aliphatic heterocycles. The molecule has 0 bridgehead atoms. The van der Waals surface area contributed by atoms with Crippen molar-refractivity contribution in [2.75, 3.05) is 17.2 Å². The molecule has 3 rings (SSSR count). The Hall–Kier alpha value is -3.41. The van der Waals surface area contributed by atoms with Gasteiger partial charge in [-0.3, -0.25) is 19.3 Å². The van der Waals surface area contributed by atoms with E-state index < -0.39 is 0 Å². The number of carbonyl (C=O) groups excluding carboxylic acids is 3. The zero-order valence-electron chi connectivity index (χ0n) is 18.0. The summed E-state index contributed by atoms with van der Waals surface area (Å²) in [6, 6.07) is 12.8. The Bertz CT molecular complexity index is 1040. The van der Waals surface area contributed by atoms with Crippen LogP contribution in [0, 0.1) is 19.8 Å². The Labute approximate surface area is 177 Å². The topological polar surface area (TPSA) is 78.5 Å². The van der Waals surface area contributed by atoms with E-state index in [1.807, 2.05) is 45.9 Å². The summed E-state index contributed by atoms with van der Waals surface area (Å²) in [5, 5.41) is 5.89. The van der Waals surface area contributed by atoms with Gasteiger partial charge >= 0.3 is 0 Å². The van der Waals surface area contributed by atoms with E-state index in [-0.39, 0.29) is 29.3 Å². The molecule has 1 aliphatic rings. The van der Waals surface area contributed by atoms with Gasteiger partial charge in [-0.15, -0.1) is 0 Å². The minimum atomic E-state index is -0.326. The van der Waals surface area contributed by atoms with E-state index in [0.29, 0.717) is 23.4 Å². The summed E-state index contributed by atoms with van der Waals surface area (Å²) in [6.07, 6.45) is 0. The molecule has 30 heavy (non-hydrogen) atoms. The summed E-state index contributed by atoms with van der Waals surface area (Å²) in [6.45, 7) is 9.75. The van der Waals surface area contributed by atoms with Crippen LogP contribution >= 0.6 is 0 Å². The van der Waals surface area contributed by atoms with E-state index in [0.717, 1.165) is 16.8 Å². The Morgan fingerprint density at radius 3 is 2.13 bits per heavy atom. The Morgan fingerprint density at radius 1 is 0.933 bits per heavy atom. The molecule has 156 valence electrons. The van der Waals surface area contributed by atoms with Crippen LogP contribution in [0.4, 0.5) is 11.4 Å². The molecule has 0 aromatic heterocycles. The third-order valence-corrected chi connectivity index (χ3v) is 4.99. The maximum atomic E-state index is 13.2. The lowest BCUT2D eigenvalue weighted by Gasteiger charge is -2.17. The van der Waals surface area contributed by atoms with Crippen molar-refractivity contribution in [3.63, 3.8) is 0 Å². The maximum Gasteiger partial charge on any atom is 0.278 e. The van der Waals surface area contributed by atoms with Gasteiger partial charge in [0, 0.05) is 24.8 Å². The number of anilines is 2. The first kappa shape index (κ1) is 21.3. The lowest BCUT2D eigenvalue weighted by atomic mass is 10.0. The average Bonchev–Trinajstić information content (AvgIpc) is 2.89. The maximum absolute atomic E-state index is 13.2. The lowest BCUT2D eigenvalue weighted by Crippen LogP contribution is -2.35. The van der Waals surface area contributed by atoms with E-state index in [2.05, 4.69) is 10.6 Å². The standard InChI is InChI=1S/C24H27N3O3/c1-14(2)13-27-23(29)21(18-7-10-19(11-8-18)25-17(5)28)22(24(27)30)26-20-9-6-15(3)16(4)12-20/h6-12,14,26H,13H2,1-5H3,(H,25,28). The molecule has 2 aromatic rings. The van der Waals surface area contributed by atoms with E-state index in [4.69, 9.17) is 0 Å². The normalized spacial score (nSPS) is 14.0. The first-order valence-electron chi connectivity index (χ1n) is 10.00. The number of nitrogens with zero attached hydrogens (tertiary/aromatic N) is 1. The number of aryl methyl sites for hydroxylation is 2. The number of rotatable bonds is 6. The minimum absolute atomic E-state index is 0.155. The quantitative estimate of drug-likeness (QED) is 0.709. The van der Waals surface area contributed by atoms with Gasteiger partial charge in [0.05, 0.1) is 5.57 Å². The largest absolute Gasteiger partial charge is 0.350 e. The zero-order valence-corrected chi connectivity index (χ0v) is 18.0. The molecule has 6 nitrogen and oxygen atoms in total. The second-order valence-electron chi connectivity index (χ2n) is 8.05. The van der Waals surface area contributed by atoms with Gasteiger partial charge in [0.25, 0.3) is 11.8 Å². The molecule has 6 heteroatoms. The molecule has 1 heterocycles. The van der Waals surface area contributed by atoms with Gasteiger partial charge in [0.2, 0.25) is 5.91 Å². The van der Waals surface area contributed by atoms with E-state index in [9.17, 15) is 14.4 Å². The number of nitrogens with one attached hydrogen (secondary N) is 2. The van der Waals surface area contributed by atoms with Crippen LogP contribution in [-0.2, 0) is 14.4 Å². The molecular weight excluding hydrogens is 378 g/mol. The smallest absolute Gasteiger partial charge is 0.278 e. The fourth-order valence-electron chi connectivity index (χ4n) is 3.38. The van der Waals surface area contributed by atoms with Crippen LogP contribution < -0.4 is 10.6 Å². The van der Waals surface area contributed by atoms with Gasteiger partial charge in [0.1, 0.15) is 5.70 Å². The third kappa shape index (κ3) is 4.43. The summed E-state index contributed by atoms with van der Waals surface area (Å²) in [4.78, 5) is 38.9. The van der Waals surface area contributed by atoms with Crippen LogP contribution in [-0.4, -0.2) is 29.2 Å². The number of benzene rings is 2. The molecule has 0 saturated heterocycles. The van der Waals surface area contributed by atoms with Crippen molar-refractivity contribution >= 4 is 34.7 Å². The molecule has 0 spiro atoms. The number of hydrogen-bond acceptors (Lipinski definition) is 4. The number of hydrogen-bond donors (Lipinski definition) is 2. The molecule has 0 unspecified atom stereocenters. The summed E-state index contributed by atoms with van der Waals surface area (Å²) >= 11 is 0. The van der Waals surface area contributed by atoms with Gasteiger partial charge in [-0.1, -0.05) is 32.0 Å². The molecule has 2 aromatic carbocycles. The van der Waals surface area contributed by atoms with E-state index >= 15 is 0 Å². The van der Waals surface area contributed by atoms with Crippen LogP contribution in [0.25, 0.3) is 5.57 Å². The van der Waals surface area contributed by atoms with Gasteiger partial charge in [0.15, 0.2) is 0 Å². The SMILES string of the molecule is CC(=O)Nc1ccc(C2=C(Nc3ccc(C)c(C)c3)C(=O)N(CC(C)C)C2=O)cc1. The Kier molecular flexibility index (Phi) is 6.06. The van der Waals surface area contributed by atoms with Crippen molar-refractivity contribution in [3.8, 4) is 0 Å². The summed E-state index contributed by atoms with van der Waals surface area (Å²) in [5.41, 5.74) is 4.88. The highest BCUT2D eigenvalue weighted by atomic mass is 16.2. The zero-order chi connectivity index (χ0) is 22.0. The van der Waals surface area contributed by atoms with Crippen LogP contribution in [0.5, 0.6) is 0 Å². The van der Waals surface area contributed by atoms with Crippen LogP contribution in [0.1, 0.15) is 37.5 Å². The third-order valence-electron chi connectivity index (χ3n) is 4.99. The number of imide groups is 1. The van der Waals surface area contributed by atoms with Crippen molar-refractivity contribution < 1.29 is 14.4 Å². The van der Waals surface area contributed by atoms with Gasteiger partial charge in [-0.2, -0.15) is 0 Å². The summed E-state index contributed by atoms with van der Waals surface area (Å²) in [5.74, 6) is -0.656. The number of carbonyl (C=O) groups is 3. The average molecular weight is 405 g/mol. The predicted molar refractivity (Wildman–Crippen MR) is 119 cm³/mol. The highest BCUT2D eigenvalue weighted by molar-refractivity contribution is 6.36. The minimum Gasteiger partial charge on any atom is -0.350 e. The molecule has 0 radical (unpaired) electrons. The molecule has 0 fully saturated rings. The molecule has 0 saturated carbocycles. The summed E-state index contributed by atoms with van der Waals surface area (Å²) in [7, 11) is 0. The first-order valence-corrected chi connectivity index (χ1v) is 10.00. The molecule has 0 aliphatic carbocycles.